The highest BCUT2D eigenvalue weighted by Crippen LogP contribution is 2.15. The number of aromatic nitrogens is 1. The molecule has 0 spiro atoms. The van der Waals surface area contributed by atoms with Gasteiger partial charge in [-0.1, -0.05) is 45.3 Å². The molecular formula is C15H23N. The normalized spacial score (nSPS) is 10.2. The number of allylic oxidation sites excluding steroid dienone is 1. The van der Waals surface area contributed by atoms with Crippen LogP contribution >= 0.6 is 0 Å². The Hall–Kier alpha value is -1.11. The molecule has 0 atom stereocenters. The molecule has 0 saturated carbocycles. The lowest BCUT2D eigenvalue weighted by atomic mass is 10.0. The van der Waals surface area contributed by atoms with Crippen molar-refractivity contribution in [1.82, 2.24) is 4.98 Å². The highest BCUT2D eigenvalue weighted by molar-refractivity contribution is 5.48. The highest BCUT2D eigenvalue weighted by atomic mass is 14.7. The minimum atomic E-state index is 1.06. The number of nitrogens with zero attached hydrogens (tertiary/aromatic N) is 1. The molecule has 0 fully saturated rings. The molecule has 1 aromatic heterocycles. The first-order chi connectivity index (χ1) is 7.80. The van der Waals surface area contributed by atoms with E-state index in [2.05, 4.69) is 44.0 Å². The SMILES string of the molecule is CCCC(=Cc1ccc(CC)cn1)CCC. The van der Waals surface area contributed by atoms with Crippen LogP contribution in [0.3, 0.4) is 0 Å². The fourth-order valence-electron chi connectivity index (χ4n) is 1.85. The average molecular weight is 217 g/mol. The topological polar surface area (TPSA) is 12.9 Å². The lowest BCUT2D eigenvalue weighted by Crippen LogP contribution is -1.88. The van der Waals surface area contributed by atoms with E-state index in [4.69, 9.17) is 0 Å². The van der Waals surface area contributed by atoms with Crippen molar-refractivity contribution in [2.45, 2.75) is 52.9 Å². The Labute approximate surface area is 99.6 Å². The van der Waals surface area contributed by atoms with Crippen LogP contribution < -0.4 is 0 Å². The van der Waals surface area contributed by atoms with Gasteiger partial charge in [0.1, 0.15) is 0 Å². The van der Waals surface area contributed by atoms with Crippen molar-refractivity contribution >= 4 is 6.08 Å². The fourth-order valence-corrected chi connectivity index (χ4v) is 1.85. The molecule has 0 N–H and O–H groups in total. The summed E-state index contributed by atoms with van der Waals surface area (Å²) < 4.78 is 0. The van der Waals surface area contributed by atoms with Crippen LogP contribution in [0.5, 0.6) is 0 Å². The summed E-state index contributed by atoms with van der Waals surface area (Å²) >= 11 is 0. The van der Waals surface area contributed by atoms with Crippen molar-refractivity contribution in [2.24, 2.45) is 0 Å². The number of pyridine rings is 1. The van der Waals surface area contributed by atoms with Crippen LogP contribution in [0.15, 0.2) is 23.9 Å². The molecule has 0 aliphatic heterocycles. The third-order valence-electron chi connectivity index (χ3n) is 2.75. The van der Waals surface area contributed by atoms with Crippen LogP contribution in [0.1, 0.15) is 57.7 Å². The zero-order valence-electron chi connectivity index (χ0n) is 10.8. The van der Waals surface area contributed by atoms with Gasteiger partial charge >= 0.3 is 0 Å². The quantitative estimate of drug-likeness (QED) is 0.677. The minimum Gasteiger partial charge on any atom is -0.257 e. The second-order valence-electron chi connectivity index (χ2n) is 4.25. The van der Waals surface area contributed by atoms with E-state index in [-0.39, 0.29) is 0 Å². The Balaban J connectivity index is 2.76. The van der Waals surface area contributed by atoms with Gasteiger partial charge in [0.2, 0.25) is 0 Å². The van der Waals surface area contributed by atoms with Crippen molar-refractivity contribution in [1.29, 1.82) is 0 Å². The third kappa shape index (κ3) is 4.18. The maximum atomic E-state index is 4.48. The molecule has 1 heterocycles. The van der Waals surface area contributed by atoms with Gasteiger partial charge < -0.3 is 0 Å². The smallest absolute Gasteiger partial charge is 0.0629 e. The fraction of sp³-hybridized carbons (Fsp3) is 0.533. The molecule has 0 aliphatic rings. The van der Waals surface area contributed by atoms with Gasteiger partial charge in [0.25, 0.3) is 0 Å². The van der Waals surface area contributed by atoms with Gasteiger partial charge in [0.05, 0.1) is 5.69 Å². The van der Waals surface area contributed by atoms with Gasteiger partial charge in [0.15, 0.2) is 0 Å². The van der Waals surface area contributed by atoms with Gasteiger partial charge in [-0.25, -0.2) is 0 Å². The van der Waals surface area contributed by atoms with Crippen LogP contribution in [0, 0.1) is 0 Å². The molecule has 88 valence electrons. The predicted molar refractivity (Wildman–Crippen MR) is 71.4 cm³/mol. The number of hydrogen-bond donors (Lipinski definition) is 0. The summed E-state index contributed by atoms with van der Waals surface area (Å²) in [4.78, 5) is 4.48. The van der Waals surface area contributed by atoms with Crippen LogP contribution in [-0.2, 0) is 6.42 Å². The molecule has 0 amide bonds. The molecule has 1 rings (SSSR count). The van der Waals surface area contributed by atoms with E-state index < -0.39 is 0 Å². The van der Waals surface area contributed by atoms with Gasteiger partial charge in [-0.15, -0.1) is 0 Å². The van der Waals surface area contributed by atoms with Crippen molar-refractivity contribution in [3.8, 4) is 0 Å². The zero-order chi connectivity index (χ0) is 11.8. The standard InChI is InChI=1S/C15H23N/c1-4-7-14(8-5-2)11-15-10-9-13(6-3)12-16-15/h9-12H,4-8H2,1-3H3. The van der Waals surface area contributed by atoms with Gasteiger partial charge in [-0.05, 0) is 37.0 Å². The highest BCUT2D eigenvalue weighted by Gasteiger charge is 1.97. The van der Waals surface area contributed by atoms with E-state index in [0.717, 1.165) is 12.1 Å². The largest absolute Gasteiger partial charge is 0.257 e. The number of hydrogen-bond acceptors (Lipinski definition) is 1. The molecule has 0 saturated heterocycles. The summed E-state index contributed by atoms with van der Waals surface area (Å²) in [5.41, 5.74) is 3.94. The molecule has 1 nitrogen and oxygen atoms in total. The summed E-state index contributed by atoms with van der Waals surface area (Å²) in [6.45, 7) is 6.63. The van der Waals surface area contributed by atoms with E-state index in [0.29, 0.717) is 0 Å². The van der Waals surface area contributed by atoms with Gasteiger partial charge in [0, 0.05) is 6.20 Å². The van der Waals surface area contributed by atoms with Crippen molar-refractivity contribution in [3.63, 3.8) is 0 Å². The predicted octanol–water partition coefficient (Wildman–Crippen LogP) is 4.63. The summed E-state index contributed by atoms with van der Waals surface area (Å²) in [7, 11) is 0. The van der Waals surface area contributed by atoms with Crippen LogP contribution in [0.25, 0.3) is 6.08 Å². The number of rotatable bonds is 6. The third-order valence-corrected chi connectivity index (χ3v) is 2.75. The molecule has 0 aromatic carbocycles. The van der Waals surface area contributed by atoms with Crippen LogP contribution in [-0.4, -0.2) is 4.98 Å². The Morgan fingerprint density at radius 3 is 2.25 bits per heavy atom. The molecular weight excluding hydrogens is 194 g/mol. The summed E-state index contributed by atoms with van der Waals surface area (Å²) in [6, 6.07) is 4.30. The summed E-state index contributed by atoms with van der Waals surface area (Å²) in [5, 5.41) is 0. The van der Waals surface area contributed by atoms with Crippen molar-refractivity contribution in [3.05, 3.63) is 35.2 Å². The molecule has 0 radical (unpaired) electrons. The van der Waals surface area contributed by atoms with E-state index in [1.165, 1.54) is 36.8 Å². The summed E-state index contributed by atoms with van der Waals surface area (Å²) in [6.07, 6.45) is 10.1. The average Bonchev–Trinajstić information content (AvgIpc) is 2.31. The first-order valence-electron chi connectivity index (χ1n) is 6.44. The van der Waals surface area contributed by atoms with Gasteiger partial charge in [-0.2, -0.15) is 0 Å². The lowest BCUT2D eigenvalue weighted by Gasteiger charge is -2.04. The molecule has 0 bridgehead atoms. The molecule has 1 heteroatoms. The molecule has 0 unspecified atom stereocenters. The van der Waals surface area contributed by atoms with E-state index in [1.54, 1.807) is 0 Å². The van der Waals surface area contributed by atoms with E-state index in [1.807, 2.05) is 6.20 Å². The van der Waals surface area contributed by atoms with E-state index >= 15 is 0 Å². The van der Waals surface area contributed by atoms with Crippen LogP contribution in [0.2, 0.25) is 0 Å². The number of aryl methyl sites for hydroxylation is 1. The second-order valence-corrected chi connectivity index (χ2v) is 4.25. The Kier molecular flexibility index (Phi) is 5.84. The van der Waals surface area contributed by atoms with Crippen molar-refractivity contribution in [2.75, 3.05) is 0 Å². The Bertz CT molecular complexity index is 314. The zero-order valence-corrected chi connectivity index (χ0v) is 10.8. The Morgan fingerprint density at radius 1 is 1.12 bits per heavy atom. The van der Waals surface area contributed by atoms with Crippen LogP contribution in [0.4, 0.5) is 0 Å². The Morgan fingerprint density at radius 2 is 1.81 bits per heavy atom. The maximum absolute atomic E-state index is 4.48. The second kappa shape index (κ2) is 7.21. The minimum absolute atomic E-state index is 1.06. The van der Waals surface area contributed by atoms with Crippen molar-refractivity contribution < 1.29 is 0 Å². The first-order valence-corrected chi connectivity index (χ1v) is 6.44. The monoisotopic (exact) mass is 217 g/mol. The molecule has 0 aliphatic carbocycles. The van der Waals surface area contributed by atoms with E-state index in [9.17, 15) is 0 Å². The summed E-state index contributed by atoms with van der Waals surface area (Å²) in [5.74, 6) is 0. The molecule has 1 aromatic rings. The first kappa shape index (κ1) is 13.0. The molecule has 16 heavy (non-hydrogen) atoms. The van der Waals surface area contributed by atoms with Gasteiger partial charge in [-0.3, -0.25) is 4.98 Å². The maximum Gasteiger partial charge on any atom is 0.0629 e. The lowest BCUT2D eigenvalue weighted by molar-refractivity contribution is 0.809.